The number of hydrogen-bond donors (Lipinski definition) is 2. The van der Waals surface area contributed by atoms with Gasteiger partial charge in [0, 0.05) is 13.1 Å². The molecular formula is C21H25FN2O3. The second-order valence-electron chi connectivity index (χ2n) is 7.42. The number of halogens is 1. The Balaban J connectivity index is 0.000000253. The molecule has 2 aliphatic rings. The molecule has 2 heterocycles. The summed E-state index contributed by atoms with van der Waals surface area (Å²) < 4.78 is 13.1. The molecule has 0 amide bonds. The zero-order chi connectivity index (χ0) is 19.4. The van der Waals surface area contributed by atoms with Crippen molar-refractivity contribution in [1.29, 1.82) is 0 Å². The van der Waals surface area contributed by atoms with Crippen LogP contribution in [-0.4, -0.2) is 51.6 Å². The molecule has 2 fully saturated rings. The van der Waals surface area contributed by atoms with Crippen LogP contribution < -0.4 is 0 Å². The molecule has 0 radical (unpaired) electrons. The minimum atomic E-state index is -1.02. The van der Waals surface area contributed by atoms with Gasteiger partial charge in [0.05, 0.1) is 12.6 Å². The quantitative estimate of drug-likeness (QED) is 0.640. The highest BCUT2D eigenvalue weighted by atomic mass is 19.1. The van der Waals surface area contributed by atoms with Crippen LogP contribution in [0.15, 0.2) is 42.5 Å². The van der Waals surface area contributed by atoms with Crippen LogP contribution in [0.1, 0.15) is 28.9 Å². The number of Topliss-reactive ketones (excluding diaryl/α,β-unsaturated/α-hetero) is 1. The lowest BCUT2D eigenvalue weighted by Crippen LogP contribution is -2.29. The topological polar surface area (TPSA) is 73.7 Å². The van der Waals surface area contributed by atoms with Crippen molar-refractivity contribution in [3.63, 3.8) is 0 Å². The molecule has 5 nitrogen and oxygen atoms in total. The summed E-state index contributed by atoms with van der Waals surface area (Å²) in [6.45, 7) is 3.89. The molecule has 2 aromatic rings. The SMILES string of the molecule is Cc1ccccc1.O=C(CN1C[C@H]2CC(O)C[C@H]2C1)c1ccc(O)c(F)n1. The molecule has 2 N–H and O–H groups in total. The molecule has 1 aliphatic carbocycles. The van der Waals surface area contributed by atoms with Gasteiger partial charge in [0.1, 0.15) is 5.69 Å². The van der Waals surface area contributed by atoms with Gasteiger partial charge in [-0.05, 0) is 43.7 Å². The van der Waals surface area contributed by atoms with Crippen molar-refractivity contribution < 1.29 is 19.4 Å². The van der Waals surface area contributed by atoms with Crippen molar-refractivity contribution in [3.8, 4) is 5.75 Å². The molecule has 4 rings (SSSR count). The van der Waals surface area contributed by atoms with Crippen molar-refractivity contribution >= 4 is 5.78 Å². The minimum absolute atomic E-state index is 0.0393. The molecule has 1 unspecified atom stereocenters. The summed E-state index contributed by atoms with van der Waals surface area (Å²) in [7, 11) is 0. The number of hydrogen-bond acceptors (Lipinski definition) is 5. The van der Waals surface area contributed by atoms with Gasteiger partial charge in [0.15, 0.2) is 11.5 Å². The van der Waals surface area contributed by atoms with Gasteiger partial charge in [-0.15, -0.1) is 0 Å². The summed E-state index contributed by atoms with van der Waals surface area (Å²) in [5.41, 5.74) is 1.36. The smallest absolute Gasteiger partial charge is 0.255 e. The number of ketones is 1. The summed E-state index contributed by atoms with van der Waals surface area (Å²) in [4.78, 5) is 17.6. The third-order valence-electron chi connectivity index (χ3n) is 5.22. The Hall–Kier alpha value is -2.31. The van der Waals surface area contributed by atoms with Crippen LogP contribution in [0.3, 0.4) is 0 Å². The first kappa shape index (κ1) is 19.5. The van der Waals surface area contributed by atoms with Gasteiger partial charge in [-0.1, -0.05) is 35.9 Å². The maximum absolute atomic E-state index is 13.1. The molecule has 1 aromatic carbocycles. The van der Waals surface area contributed by atoms with Crippen LogP contribution >= 0.6 is 0 Å². The maximum Gasteiger partial charge on any atom is 0.255 e. The van der Waals surface area contributed by atoms with Gasteiger partial charge in [-0.2, -0.15) is 4.39 Å². The fourth-order valence-electron chi connectivity index (χ4n) is 3.89. The maximum atomic E-state index is 13.1. The number of likely N-dealkylation sites (tertiary alicyclic amines) is 1. The van der Waals surface area contributed by atoms with Crippen molar-refractivity contribution in [2.45, 2.75) is 25.9 Å². The van der Waals surface area contributed by atoms with E-state index < -0.39 is 11.7 Å². The number of fused-ring (bicyclic) bond motifs is 1. The van der Waals surface area contributed by atoms with E-state index in [0.717, 1.165) is 32.0 Å². The molecule has 6 heteroatoms. The molecular weight excluding hydrogens is 347 g/mol. The highest BCUT2D eigenvalue weighted by Crippen LogP contribution is 2.37. The number of carbonyl (C=O) groups excluding carboxylic acids is 1. The average molecular weight is 372 g/mol. The lowest BCUT2D eigenvalue weighted by atomic mass is 10.0. The summed E-state index contributed by atoms with van der Waals surface area (Å²) in [6.07, 6.45) is 1.42. The minimum Gasteiger partial charge on any atom is -0.504 e. The van der Waals surface area contributed by atoms with Gasteiger partial charge in [0.2, 0.25) is 0 Å². The zero-order valence-corrected chi connectivity index (χ0v) is 15.4. The number of aryl methyl sites for hydroxylation is 1. The van der Waals surface area contributed by atoms with Crippen molar-refractivity contribution in [2.75, 3.05) is 19.6 Å². The van der Waals surface area contributed by atoms with Gasteiger partial charge in [-0.25, -0.2) is 4.98 Å². The summed E-state index contributed by atoms with van der Waals surface area (Å²) in [5, 5.41) is 18.6. The molecule has 3 atom stereocenters. The van der Waals surface area contributed by atoms with Crippen molar-refractivity contribution in [1.82, 2.24) is 9.88 Å². The van der Waals surface area contributed by atoms with Crippen molar-refractivity contribution in [2.24, 2.45) is 11.8 Å². The monoisotopic (exact) mass is 372 g/mol. The number of carbonyl (C=O) groups is 1. The molecule has 0 spiro atoms. The first-order valence-electron chi connectivity index (χ1n) is 9.23. The normalized spacial score (nSPS) is 24.2. The van der Waals surface area contributed by atoms with Crippen LogP contribution in [0.5, 0.6) is 5.75 Å². The van der Waals surface area contributed by atoms with Crippen molar-refractivity contribution in [3.05, 3.63) is 59.7 Å². The first-order chi connectivity index (χ1) is 12.9. The molecule has 27 heavy (non-hydrogen) atoms. The standard InChI is InChI=1S/C14H17FN2O3.C7H8/c15-14-12(19)2-1-11(16-14)13(20)7-17-5-8-3-10(18)4-9(8)6-17;1-7-5-3-2-4-6-7/h1-2,8-10,18-19H,3-7H2;2-6H,1H3/t8-,9+,10?;. The number of aromatic nitrogens is 1. The Morgan fingerprint density at radius 2 is 1.78 bits per heavy atom. The molecule has 1 aromatic heterocycles. The van der Waals surface area contributed by atoms with Gasteiger partial charge < -0.3 is 10.2 Å². The van der Waals surface area contributed by atoms with E-state index in [1.54, 1.807) is 0 Å². The first-order valence-corrected chi connectivity index (χ1v) is 9.23. The predicted molar refractivity (Wildman–Crippen MR) is 100 cm³/mol. The molecule has 1 aliphatic heterocycles. The fraction of sp³-hybridized carbons (Fsp3) is 0.429. The van der Waals surface area contributed by atoms with E-state index in [2.05, 4.69) is 24.0 Å². The van der Waals surface area contributed by atoms with Crippen LogP contribution in [0.4, 0.5) is 4.39 Å². The van der Waals surface area contributed by atoms with Crippen LogP contribution in [0.25, 0.3) is 0 Å². The van der Waals surface area contributed by atoms with Crippen LogP contribution in [-0.2, 0) is 0 Å². The Kier molecular flexibility index (Phi) is 6.19. The molecule has 144 valence electrons. The fourth-order valence-corrected chi connectivity index (χ4v) is 3.89. The van der Waals surface area contributed by atoms with Crippen LogP contribution in [0, 0.1) is 24.7 Å². The lowest BCUT2D eigenvalue weighted by Gasteiger charge is -2.16. The molecule has 1 saturated carbocycles. The number of nitrogens with zero attached hydrogens (tertiary/aromatic N) is 2. The van der Waals surface area contributed by atoms with E-state index in [9.17, 15) is 14.3 Å². The third kappa shape index (κ3) is 5.11. The number of benzene rings is 1. The second kappa shape index (κ2) is 8.59. The predicted octanol–water partition coefficient (Wildman–Crippen LogP) is 2.81. The Bertz CT molecular complexity index is 770. The zero-order valence-electron chi connectivity index (χ0n) is 15.4. The van der Waals surface area contributed by atoms with E-state index in [0.29, 0.717) is 11.8 Å². The highest BCUT2D eigenvalue weighted by Gasteiger charge is 2.40. The number of pyridine rings is 1. The van der Waals surface area contributed by atoms with E-state index in [1.807, 2.05) is 23.1 Å². The molecule has 0 bridgehead atoms. The second-order valence-corrected chi connectivity index (χ2v) is 7.42. The Morgan fingerprint density at radius 3 is 2.30 bits per heavy atom. The number of rotatable bonds is 3. The van der Waals surface area contributed by atoms with E-state index >= 15 is 0 Å². The van der Waals surface area contributed by atoms with Crippen LogP contribution in [0.2, 0.25) is 0 Å². The Labute approximate surface area is 158 Å². The third-order valence-corrected chi connectivity index (χ3v) is 5.22. The highest BCUT2D eigenvalue weighted by molar-refractivity contribution is 5.95. The van der Waals surface area contributed by atoms with E-state index in [1.165, 1.54) is 11.6 Å². The van der Waals surface area contributed by atoms with E-state index in [4.69, 9.17) is 5.11 Å². The summed E-state index contributed by atoms with van der Waals surface area (Å²) >= 11 is 0. The van der Waals surface area contributed by atoms with Gasteiger partial charge >= 0.3 is 0 Å². The number of aliphatic hydroxyl groups excluding tert-OH is 1. The summed E-state index contributed by atoms with van der Waals surface area (Å²) in [5.74, 6) is -0.891. The molecule has 1 saturated heterocycles. The Morgan fingerprint density at radius 1 is 1.15 bits per heavy atom. The van der Waals surface area contributed by atoms with Gasteiger partial charge in [-0.3, -0.25) is 9.69 Å². The average Bonchev–Trinajstić information content (AvgIpc) is 3.15. The summed E-state index contributed by atoms with van der Waals surface area (Å²) in [6, 6.07) is 12.7. The van der Waals surface area contributed by atoms with Gasteiger partial charge in [0.25, 0.3) is 5.95 Å². The lowest BCUT2D eigenvalue weighted by molar-refractivity contribution is 0.0928. The number of aromatic hydroxyl groups is 1. The largest absolute Gasteiger partial charge is 0.504 e. The number of aliphatic hydroxyl groups is 1. The van der Waals surface area contributed by atoms with E-state index in [-0.39, 0.29) is 24.1 Å².